The molecule has 8 heteroatoms. The van der Waals surface area contributed by atoms with Crippen molar-refractivity contribution in [2.24, 2.45) is 0 Å². The molecule has 0 amide bonds. The number of carbonyl (C=O) groups is 1. The molecule has 0 radical (unpaired) electrons. The summed E-state index contributed by atoms with van der Waals surface area (Å²) in [6, 6.07) is 9.42. The molecule has 0 fully saturated rings. The monoisotopic (exact) mass is 341 g/mol. The predicted octanol–water partition coefficient (Wildman–Crippen LogP) is 2.92. The molecule has 3 rings (SSSR count). The Morgan fingerprint density at radius 1 is 1.25 bits per heavy atom. The zero-order valence-corrected chi connectivity index (χ0v) is 13.7. The molecule has 0 unspecified atom stereocenters. The number of hydrogen-bond donors (Lipinski definition) is 2. The van der Waals surface area contributed by atoms with Crippen LogP contribution >= 0.6 is 11.3 Å². The van der Waals surface area contributed by atoms with Crippen molar-refractivity contribution in [1.29, 1.82) is 0 Å². The number of nitrogens with two attached hydrogens (primary N) is 1. The fourth-order valence-corrected chi connectivity index (χ4v) is 2.61. The first-order valence-electron chi connectivity index (χ1n) is 7.14. The lowest BCUT2D eigenvalue weighted by atomic mass is 10.2. The van der Waals surface area contributed by atoms with Crippen LogP contribution in [0.3, 0.4) is 0 Å². The van der Waals surface area contributed by atoms with E-state index in [4.69, 9.17) is 10.5 Å². The van der Waals surface area contributed by atoms with Crippen LogP contribution < -0.4 is 11.1 Å². The number of para-hydroxylation sites is 1. The van der Waals surface area contributed by atoms with E-state index in [2.05, 4.69) is 20.3 Å². The minimum atomic E-state index is -0.427. The number of aromatic nitrogens is 3. The molecule has 2 heterocycles. The van der Waals surface area contributed by atoms with Gasteiger partial charge >= 0.3 is 5.97 Å². The number of hydrogen-bond acceptors (Lipinski definition) is 8. The van der Waals surface area contributed by atoms with Gasteiger partial charge in [-0.3, -0.25) is 0 Å². The Kier molecular flexibility index (Phi) is 4.66. The van der Waals surface area contributed by atoms with Crippen molar-refractivity contribution in [2.45, 2.75) is 13.5 Å². The standard InChI is InChI=1S/C16H15N5O2S/c1-10-4-2-3-5-12(10)18-16-20-13(19-15(17)21-16)8-23-14(22)11-6-7-24-9-11/h2-7,9H,8H2,1H3,(H3,17,18,19,20,21). The molecule has 0 aliphatic rings. The first-order valence-corrected chi connectivity index (χ1v) is 8.08. The van der Waals surface area contributed by atoms with Crippen LogP contribution in [0, 0.1) is 6.92 Å². The fraction of sp³-hybridized carbons (Fsp3) is 0.125. The van der Waals surface area contributed by atoms with Crippen molar-refractivity contribution in [2.75, 3.05) is 11.1 Å². The molecule has 122 valence electrons. The first-order chi connectivity index (χ1) is 11.6. The van der Waals surface area contributed by atoms with Gasteiger partial charge in [0.05, 0.1) is 5.56 Å². The third-order valence-corrected chi connectivity index (χ3v) is 3.86. The highest BCUT2D eigenvalue weighted by atomic mass is 32.1. The third kappa shape index (κ3) is 3.85. The van der Waals surface area contributed by atoms with Gasteiger partial charge in [-0.2, -0.15) is 26.3 Å². The Morgan fingerprint density at radius 2 is 2.08 bits per heavy atom. The van der Waals surface area contributed by atoms with E-state index in [9.17, 15) is 4.79 Å². The molecule has 7 nitrogen and oxygen atoms in total. The SMILES string of the molecule is Cc1ccccc1Nc1nc(N)nc(COC(=O)c2ccsc2)n1. The van der Waals surface area contributed by atoms with Gasteiger partial charge in [0.1, 0.15) is 0 Å². The van der Waals surface area contributed by atoms with Crippen molar-refractivity contribution in [3.63, 3.8) is 0 Å². The molecule has 24 heavy (non-hydrogen) atoms. The highest BCUT2D eigenvalue weighted by Crippen LogP contribution is 2.18. The van der Waals surface area contributed by atoms with E-state index < -0.39 is 5.97 Å². The first kappa shape index (κ1) is 15.9. The van der Waals surface area contributed by atoms with E-state index in [1.54, 1.807) is 11.4 Å². The average Bonchev–Trinajstić information content (AvgIpc) is 3.09. The lowest BCUT2D eigenvalue weighted by Gasteiger charge is -2.09. The van der Waals surface area contributed by atoms with Crippen molar-refractivity contribution >= 4 is 34.9 Å². The highest BCUT2D eigenvalue weighted by molar-refractivity contribution is 7.08. The minimum Gasteiger partial charge on any atom is -0.454 e. The number of rotatable bonds is 5. The van der Waals surface area contributed by atoms with Crippen molar-refractivity contribution in [1.82, 2.24) is 15.0 Å². The van der Waals surface area contributed by atoms with Crippen molar-refractivity contribution < 1.29 is 9.53 Å². The second kappa shape index (κ2) is 7.05. The van der Waals surface area contributed by atoms with Gasteiger partial charge < -0.3 is 15.8 Å². The van der Waals surface area contributed by atoms with Crippen LogP contribution in [0.2, 0.25) is 0 Å². The number of benzene rings is 1. The van der Waals surface area contributed by atoms with E-state index >= 15 is 0 Å². The van der Waals surface area contributed by atoms with Crippen LogP contribution in [0.4, 0.5) is 17.6 Å². The van der Waals surface area contributed by atoms with Gasteiger partial charge in [-0.15, -0.1) is 0 Å². The van der Waals surface area contributed by atoms with Gasteiger partial charge in [0.15, 0.2) is 12.4 Å². The number of aryl methyl sites for hydroxylation is 1. The van der Waals surface area contributed by atoms with E-state index in [0.717, 1.165) is 11.3 Å². The summed E-state index contributed by atoms with van der Waals surface area (Å²) in [7, 11) is 0. The molecule has 0 spiro atoms. The second-order valence-electron chi connectivity index (χ2n) is 4.96. The number of thiophene rings is 1. The maximum atomic E-state index is 11.9. The molecule has 3 N–H and O–H groups in total. The van der Waals surface area contributed by atoms with Gasteiger partial charge in [-0.25, -0.2) is 4.79 Å². The van der Waals surface area contributed by atoms with E-state index in [1.165, 1.54) is 11.3 Å². The maximum Gasteiger partial charge on any atom is 0.339 e. The van der Waals surface area contributed by atoms with Crippen LogP contribution in [-0.4, -0.2) is 20.9 Å². The number of esters is 1. The molecule has 0 saturated heterocycles. The van der Waals surface area contributed by atoms with Gasteiger partial charge in [0.2, 0.25) is 11.9 Å². The highest BCUT2D eigenvalue weighted by Gasteiger charge is 2.11. The summed E-state index contributed by atoms with van der Waals surface area (Å²) in [5.74, 6) is 0.215. The Balaban J connectivity index is 1.72. The van der Waals surface area contributed by atoms with Gasteiger partial charge in [-0.1, -0.05) is 18.2 Å². The van der Waals surface area contributed by atoms with Gasteiger partial charge in [0.25, 0.3) is 0 Å². The van der Waals surface area contributed by atoms with Gasteiger partial charge in [-0.05, 0) is 30.0 Å². The summed E-state index contributed by atoms with van der Waals surface area (Å²) in [5.41, 5.74) is 8.12. The van der Waals surface area contributed by atoms with Gasteiger partial charge in [0, 0.05) is 11.1 Å². The number of nitrogen functional groups attached to an aromatic ring is 1. The Bertz CT molecular complexity index is 851. The topological polar surface area (TPSA) is 103 Å². The zero-order chi connectivity index (χ0) is 16.9. The molecular weight excluding hydrogens is 326 g/mol. The molecule has 0 aliphatic heterocycles. The lowest BCUT2D eigenvalue weighted by molar-refractivity contribution is 0.0463. The Morgan fingerprint density at radius 3 is 2.83 bits per heavy atom. The van der Waals surface area contributed by atoms with Crippen LogP contribution in [0.25, 0.3) is 0 Å². The van der Waals surface area contributed by atoms with E-state index in [-0.39, 0.29) is 18.4 Å². The summed E-state index contributed by atoms with van der Waals surface area (Å²) >= 11 is 1.42. The number of carbonyl (C=O) groups excluding carboxylic acids is 1. The largest absolute Gasteiger partial charge is 0.454 e. The molecule has 1 aromatic carbocycles. The lowest BCUT2D eigenvalue weighted by Crippen LogP contribution is -2.11. The number of nitrogens with zero attached hydrogens (tertiary/aromatic N) is 3. The second-order valence-corrected chi connectivity index (χ2v) is 5.74. The molecule has 3 aromatic rings. The fourth-order valence-electron chi connectivity index (χ4n) is 1.99. The summed E-state index contributed by atoms with van der Waals surface area (Å²) in [5, 5.41) is 6.61. The molecule has 0 aliphatic carbocycles. The molecule has 0 saturated carbocycles. The minimum absolute atomic E-state index is 0.0580. The number of anilines is 3. The number of nitrogens with one attached hydrogen (secondary N) is 1. The van der Waals surface area contributed by atoms with Crippen LogP contribution in [-0.2, 0) is 11.3 Å². The predicted molar refractivity (Wildman–Crippen MR) is 92.1 cm³/mol. The molecule has 0 bridgehead atoms. The zero-order valence-electron chi connectivity index (χ0n) is 12.9. The number of ether oxygens (including phenoxy) is 1. The van der Waals surface area contributed by atoms with Crippen molar-refractivity contribution in [3.05, 3.63) is 58.0 Å². The van der Waals surface area contributed by atoms with Crippen LogP contribution in [0.5, 0.6) is 0 Å². The van der Waals surface area contributed by atoms with E-state index in [1.807, 2.05) is 36.6 Å². The van der Waals surface area contributed by atoms with Crippen molar-refractivity contribution in [3.8, 4) is 0 Å². The molecular formula is C16H15N5O2S. The third-order valence-electron chi connectivity index (χ3n) is 3.18. The average molecular weight is 341 g/mol. The molecule has 0 atom stereocenters. The summed E-state index contributed by atoms with van der Waals surface area (Å²) in [6.45, 7) is 1.89. The van der Waals surface area contributed by atoms with Crippen LogP contribution in [0.15, 0.2) is 41.1 Å². The summed E-state index contributed by atoms with van der Waals surface area (Å²) in [4.78, 5) is 24.1. The normalized spacial score (nSPS) is 10.4. The summed E-state index contributed by atoms with van der Waals surface area (Å²) in [6.07, 6.45) is 0. The summed E-state index contributed by atoms with van der Waals surface area (Å²) < 4.78 is 5.19. The molecule has 2 aromatic heterocycles. The quantitative estimate of drug-likeness (QED) is 0.688. The smallest absolute Gasteiger partial charge is 0.339 e. The Labute approximate surface area is 142 Å². The van der Waals surface area contributed by atoms with Crippen LogP contribution in [0.1, 0.15) is 21.7 Å². The van der Waals surface area contributed by atoms with E-state index in [0.29, 0.717) is 11.5 Å². The maximum absolute atomic E-state index is 11.9. The Hall–Kier alpha value is -3.00.